The molecular weight excluding hydrogens is 332 g/mol. The van der Waals surface area contributed by atoms with E-state index in [0.717, 1.165) is 35.9 Å². The summed E-state index contributed by atoms with van der Waals surface area (Å²) in [6.07, 6.45) is 2.25. The lowest BCUT2D eigenvalue weighted by Gasteiger charge is -2.24. The summed E-state index contributed by atoms with van der Waals surface area (Å²) >= 11 is 7.12. The van der Waals surface area contributed by atoms with Crippen molar-refractivity contribution in [3.63, 3.8) is 0 Å². The van der Waals surface area contributed by atoms with Crippen LogP contribution in [-0.4, -0.2) is 17.3 Å². The maximum absolute atomic E-state index is 5.66. The van der Waals surface area contributed by atoms with Crippen molar-refractivity contribution in [3.8, 4) is 5.75 Å². The van der Waals surface area contributed by atoms with Crippen LogP contribution in [0.5, 0.6) is 5.75 Å². The van der Waals surface area contributed by atoms with Gasteiger partial charge in [0.15, 0.2) is 0 Å². The molecule has 1 aromatic carbocycles. The predicted octanol–water partition coefficient (Wildman–Crippen LogP) is 4.64. The highest BCUT2D eigenvalue weighted by Crippen LogP contribution is 2.28. The SMILES string of the molecule is CC(CBr)(CBr)CCCOc1ccccc1. The maximum atomic E-state index is 5.66. The minimum absolute atomic E-state index is 0.333. The van der Waals surface area contributed by atoms with Crippen LogP contribution < -0.4 is 4.74 Å². The summed E-state index contributed by atoms with van der Waals surface area (Å²) in [5, 5.41) is 2.05. The minimum Gasteiger partial charge on any atom is -0.494 e. The minimum atomic E-state index is 0.333. The van der Waals surface area contributed by atoms with Crippen LogP contribution in [0.2, 0.25) is 0 Å². The van der Waals surface area contributed by atoms with Crippen LogP contribution in [0.4, 0.5) is 0 Å². The molecule has 0 bridgehead atoms. The average Bonchev–Trinajstić information content (AvgIpc) is 2.36. The number of halogens is 2. The van der Waals surface area contributed by atoms with Gasteiger partial charge in [0.25, 0.3) is 0 Å². The summed E-state index contributed by atoms with van der Waals surface area (Å²) in [6.45, 7) is 3.07. The van der Waals surface area contributed by atoms with Crippen molar-refractivity contribution in [2.45, 2.75) is 19.8 Å². The molecule has 3 heteroatoms. The zero-order valence-electron chi connectivity index (χ0n) is 9.59. The van der Waals surface area contributed by atoms with Gasteiger partial charge in [0.1, 0.15) is 5.75 Å². The molecule has 0 fully saturated rings. The molecule has 0 aromatic heterocycles. The summed E-state index contributed by atoms with van der Waals surface area (Å²) in [6, 6.07) is 9.98. The van der Waals surface area contributed by atoms with Crippen LogP contribution in [0, 0.1) is 5.41 Å². The van der Waals surface area contributed by atoms with E-state index in [-0.39, 0.29) is 0 Å². The van der Waals surface area contributed by atoms with E-state index in [9.17, 15) is 0 Å². The molecule has 0 unspecified atom stereocenters. The normalized spacial score (nSPS) is 11.4. The highest BCUT2D eigenvalue weighted by Gasteiger charge is 2.20. The molecule has 0 saturated heterocycles. The first-order valence-corrected chi connectivity index (χ1v) is 7.74. The average molecular weight is 350 g/mol. The van der Waals surface area contributed by atoms with Gasteiger partial charge < -0.3 is 4.74 Å². The highest BCUT2D eigenvalue weighted by atomic mass is 79.9. The number of ether oxygens (including phenoxy) is 1. The van der Waals surface area contributed by atoms with Crippen LogP contribution in [0.15, 0.2) is 30.3 Å². The molecule has 90 valence electrons. The number of hydrogen-bond acceptors (Lipinski definition) is 1. The van der Waals surface area contributed by atoms with E-state index < -0.39 is 0 Å². The van der Waals surface area contributed by atoms with Gasteiger partial charge in [-0.05, 0) is 30.4 Å². The second-order valence-corrected chi connectivity index (χ2v) is 5.46. The van der Waals surface area contributed by atoms with Crippen LogP contribution >= 0.6 is 31.9 Å². The van der Waals surface area contributed by atoms with Crippen LogP contribution in [0.25, 0.3) is 0 Å². The Hall–Kier alpha value is -0.0200. The molecule has 0 heterocycles. The van der Waals surface area contributed by atoms with Gasteiger partial charge in [0.2, 0.25) is 0 Å². The fraction of sp³-hybridized carbons (Fsp3) is 0.538. The lowest BCUT2D eigenvalue weighted by Crippen LogP contribution is -2.21. The Bertz CT molecular complexity index is 283. The highest BCUT2D eigenvalue weighted by molar-refractivity contribution is 9.09. The van der Waals surface area contributed by atoms with E-state index in [1.165, 1.54) is 0 Å². The Morgan fingerprint density at radius 3 is 2.31 bits per heavy atom. The van der Waals surface area contributed by atoms with Crippen LogP contribution in [0.3, 0.4) is 0 Å². The van der Waals surface area contributed by atoms with E-state index in [4.69, 9.17) is 4.74 Å². The van der Waals surface area contributed by atoms with Gasteiger partial charge in [0.05, 0.1) is 6.61 Å². The Balaban J connectivity index is 2.22. The molecule has 0 amide bonds. The smallest absolute Gasteiger partial charge is 0.119 e. The van der Waals surface area contributed by atoms with E-state index in [2.05, 4.69) is 38.8 Å². The molecule has 0 aliphatic heterocycles. The summed E-state index contributed by atoms with van der Waals surface area (Å²) in [5.41, 5.74) is 0.333. The topological polar surface area (TPSA) is 9.23 Å². The molecule has 0 radical (unpaired) electrons. The number of rotatable bonds is 7. The lowest BCUT2D eigenvalue weighted by atomic mass is 9.91. The van der Waals surface area contributed by atoms with Crippen molar-refractivity contribution in [2.75, 3.05) is 17.3 Å². The zero-order valence-corrected chi connectivity index (χ0v) is 12.8. The van der Waals surface area contributed by atoms with Crippen LogP contribution in [0.1, 0.15) is 19.8 Å². The predicted molar refractivity (Wildman–Crippen MR) is 76.9 cm³/mol. The van der Waals surface area contributed by atoms with Crippen molar-refractivity contribution in [3.05, 3.63) is 30.3 Å². The van der Waals surface area contributed by atoms with Crippen molar-refractivity contribution >= 4 is 31.9 Å². The largest absolute Gasteiger partial charge is 0.494 e. The molecule has 0 aliphatic rings. The molecular formula is C13H18Br2O. The number of alkyl halides is 2. The standard InChI is InChI=1S/C13H18Br2O/c1-13(10-14,11-15)8-5-9-16-12-6-3-2-4-7-12/h2-4,6-7H,5,8-11H2,1H3. The molecule has 1 nitrogen and oxygen atoms in total. The second kappa shape index (κ2) is 7.33. The van der Waals surface area contributed by atoms with Gasteiger partial charge in [-0.25, -0.2) is 0 Å². The summed E-state index contributed by atoms with van der Waals surface area (Å²) in [5.74, 6) is 0.960. The number of benzene rings is 1. The van der Waals surface area contributed by atoms with E-state index in [0.29, 0.717) is 5.41 Å². The second-order valence-electron chi connectivity index (χ2n) is 4.34. The van der Waals surface area contributed by atoms with Gasteiger partial charge in [-0.2, -0.15) is 0 Å². The summed E-state index contributed by atoms with van der Waals surface area (Å²) < 4.78 is 5.66. The van der Waals surface area contributed by atoms with E-state index >= 15 is 0 Å². The fourth-order valence-electron chi connectivity index (χ4n) is 1.38. The van der Waals surface area contributed by atoms with E-state index in [1.54, 1.807) is 0 Å². The van der Waals surface area contributed by atoms with Gasteiger partial charge in [-0.15, -0.1) is 0 Å². The summed E-state index contributed by atoms with van der Waals surface area (Å²) in [4.78, 5) is 0. The maximum Gasteiger partial charge on any atom is 0.119 e. The molecule has 0 N–H and O–H groups in total. The van der Waals surface area contributed by atoms with E-state index in [1.807, 2.05) is 30.3 Å². The van der Waals surface area contributed by atoms with Crippen molar-refractivity contribution in [1.82, 2.24) is 0 Å². The zero-order chi connectivity index (χ0) is 11.9. The molecule has 0 aliphatic carbocycles. The third kappa shape index (κ3) is 4.88. The Kier molecular flexibility index (Phi) is 6.44. The first-order valence-electron chi connectivity index (χ1n) is 5.50. The molecule has 1 rings (SSSR count). The number of para-hydroxylation sites is 1. The molecule has 1 aromatic rings. The summed E-state index contributed by atoms with van der Waals surface area (Å²) in [7, 11) is 0. The van der Waals surface area contributed by atoms with Gasteiger partial charge in [-0.3, -0.25) is 0 Å². The third-order valence-corrected chi connectivity index (χ3v) is 5.29. The van der Waals surface area contributed by atoms with Gasteiger partial charge in [0, 0.05) is 10.7 Å². The Morgan fingerprint density at radius 1 is 1.12 bits per heavy atom. The van der Waals surface area contributed by atoms with Crippen molar-refractivity contribution in [2.24, 2.45) is 5.41 Å². The Morgan fingerprint density at radius 2 is 1.75 bits per heavy atom. The first kappa shape index (κ1) is 14.0. The monoisotopic (exact) mass is 348 g/mol. The molecule has 16 heavy (non-hydrogen) atoms. The lowest BCUT2D eigenvalue weighted by molar-refractivity contribution is 0.275. The third-order valence-electron chi connectivity index (χ3n) is 2.58. The quantitative estimate of drug-likeness (QED) is 0.514. The fourth-order valence-corrected chi connectivity index (χ4v) is 2.86. The molecule has 0 atom stereocenters. The van der Waals surface area contributed by atoms with Crippen LogP contribution in [-0.2, 0) is 0 Å². The molecule has 0 saturated carbocycles. The van der Waals surface area contributed by atoms with Gasteiger partial charge in [-0.1, -0.05) is 57.0 Å². The first-order chi connectivity index (χ1) is 7.70. The molecule has 0 spiro atoms. The Labute approximate surface area is 115 Å². The van der Waals surface area contributed by atoms with Crippen molar-refractivity contribution in [1.29, 1.82) is 0 Å². The number of hydrogen-bond donors (Lipinski definition) is 0. The van der Waals surface area contributed by atoms with Gasteiger partial charge >= 0.3 is 0 Å². The van der Waals surface area contributed by atoms with Crippen molar-refractivity contribution < 1.29 is 4.74 Å².